The smallest absolute Gasteiger partial charge is 0.254 e. The van der Waals surface area contributed by atoms with Gasteiger partial charge in [0.05, 0.1) is 25.9 Å². The number of nitrogens with one attached hydrogen (secondary N) is 1. The van der Waals surface area contributed by atoms with Crippen LogP contribution < -0.4 is 10.1 Å². The van der Waals surface area contributed by atoms with Gasteiger partial charge in [-0.05, 0) is 36.8 Å². The maximum absolute atomic E-state index is 13.0. The van der Waals surface area contributed by atoms with Crippen LogP contribution in [-0.4, -0.2) is 51.8 Å². The molecule has 1 aliphatic rings. The first-order chi connectivity index (χ1) is 12.5. The van der Waals surface area contributed by atoms with Gasteiger partial charge in [-0.2, -0.15) is 4.98 Å². The van der Waals surface area contributed by atoms with Gasteiger partial charge in [-0.1, -0.05) is 6.07 Å². The van der Waals surface area contributed by atoms with E-state index in [2.05, 4.69) is 15.4 Å². The molecule has 0 saturated carbocycles. The highest BCUT2D eigenvalue weighted by atomic mass is 19.1. The van der Waals surface area contributed by atoms with Gasteiger partial charge in [-0.3, -0.25) is 4.79 Å². The fourth-order valence-electron chi connectivity index (χ4n) is 2.86. The molecule has 0 bridgehead atoms. The van der Waals surface area contributed by atoms with Crippen molar-refractivity contribution in [2.75, 3.05) is 25.5 Å². The summed E-state index contributed by atoms with van der Waals surface area (Å²) >= 11 is 0. The number of alkyl halides is 1. The Morgan fingerprint density at radius 2 is 2.12 bits per heavy atom. The molecule has 0 atom stereocenters. The van der Waals surface area contributed by atoms with Gasteiger partial charge < -0.3 is 15.0 Å². The zero-order valence-corrected chi connectivity index (χ0v) is 14.4. The van der Waals surface area contributed by atoms with E-state index in [1.807, 2.05) is 25.3 Å². The Labute approximate surface area is 149 Å². The highest BCUT2D eigenvalue weighted by molar-refractivity contribution is 5.96. The molecule has 1 amide bonds. The minimum absolute atomic E-state index is 0.145. The Hall–Kier alpha value is -3.16. The second kappa shape index (κ2) is 6.29. The van der Waals surface area contributed by atoms with Crippen LogP contribution in [0, 0.1) is 6.92 Å². The van der Waals surface area contributed by atoms with E-state index in [-0.39, 0.29) is 19.0 Å². The lowest BCUT2D eigenvalue weighted by Gasteiger charge is -2.34. The highest BCUT2D eigenvalue weighted by Crippen LogP contribution is 2.29. The monoisotopic (exact) mass is 355 g/mol. The Balaban J connectivity index is 1.58. The van der Waals surface area contributed by atoms with Crippen molar-refractivity contribution < 1.29 is 13.9 Å². The Bertz CT molecular complexity index is 981. The molecule has 26 heavy (non-hydrogen) atoms. The molecule has 1 aromatic carbocycles. The van der Waals surface area contributed by atoms with Crippen LogP contribution in [-0.2, 0) is 0 Å². The molecule has 0 radical (unpaired) electrons. The summed E-state index contributed by atoms with van der Waals surface area (Å²) in [5.74, 6) is 0.712. The third-order valence-electron chi connectivity index (χ3n) is 4.30. The van der Waals surface area contributed by atoms with Gasteiger partial charge in [0, 0.05) is 11.8 Å². The van der Waals surface area contributed by atoms with E-state index in [0.717, 1.165) is 11.2 Å². The Kier molecular flexibility index (Phi) is 3.95. The fraction of sp³-hybridized carbons (Fsp3) is 0.278. The van der Waals surface area contributed by atoms with Crippen molar-refractivity contribution in [2.45, 2.75) is 13.1 Å². The summed E-state index contributed by atoms with van der Waals surface area (Å²) in [5, 5.41) is 7.49. The second-order valence-corrected chi connectivity index (χ2v) is 6.29. The van der Waals surface area contributed by atoms with Crippen LogP contribution in [0.1, 0.15) is 15.9 Å². The predicted octanol–water partition coefficient (Wildman–Crippen LogP) is 2.58. The normalized spacial score (nSPS) is 14.3. The van der Waals surface area contributed by atoms with Crippen LogP contribution in [0.15, 0.2) is 36.5 Å². The molecule has 1 saturated heterocycles. The lowest BCUT2D eigenvalue weighted by Crippen LogP contribution is -2.51. The largest absolute Gasteiger partial charge is 0.495 e. The molecule has 0 spiro atoms. The lowest BCUT2D eigenvalue weighted by molar-refractivity contribution is 0.0400. The molecular formula is C18H18FN5O2. The average molecular weight is 355 g/mol. The quantitative estimate of drug-likeness (QED) is 0.779. The van der Waals surface area contributed by atoms with E-state index in [9.17, 15) is 9.18 Å². The second-order valence-electron chi connectivity index (χ2n) is 6.29. The first kappa shape index (κ1) is 16.3. The van der Waals surface area contributed by atoms with Crippen molar-refractivity contribution in [2.24, 2.45) is 0 Å². The van der Waals surface area contributed by atoms with Crippen LogP contribution in [0.5, 0.6) is 5.75 Å². The molecule has 7 nitrogen and oxygen atoms in total. The number of methoxy groups -OCH3 is 1. The standard InChI is InChI=1S/C18H18FN5O2/c1-11-3-6-16-21-18(22-24(16)8-11)20-14-5-4-12(7-15(14)26-2)17(25)23-9-13(19)10-23/h3-8,13H,9-10H2,1-2H3,(H,20,22). The van der Waals surface area contributed by atoms with Gasteiger partial charge in [0.15, 0.2) is 5.65 Å². The summed E-state index contributed by atoms with van der Waals surface area (Å²) in [4.78, 5) is 18.2. The SMILES string of the molecule is COc1cc(C(=O)N2CC(F)C2)ccc1Nc1nc2ccc(C)cn2n1. The summed E-state index contributed by atoms with van der Waals surface area (Å²) in [5.41, 5.74) is 2.90. The molecule has 1 N–H and O–H groups in total. The van der Waals surface area contributed by atoms with E-state index in [4.69, 9.17) is 4.74 Å². The number of benzene rings is 1. The summed E-state index contributed by atoms with van der Waals surface area (Å²) in [7, 11) is 1.52. The number of fused-ring (bicyclic) bond motifs is 1. The molecule has 1 aliphatic heterocycles. The zero-order valence-electron chi connectivity index (χ0n) is 14.4. The molecule has 134 valence electrons. The van der Waals surface area contributed by atoms with Crippen LogP contribution in [0.4, 0.5) is 16.0 Å². The van der Waals surface area contributed by atoms with Crippen LogP contribution in [0.25, 0.3) is 5.65 Å². The Morgan fingerprint density at radius 1 is 1.31 bits per heavy atom. The number of hydrogen-bond donors (Lipinski definition) is 1. The maximum Gasteiger partial charge on any atom is 0.254 e. The van der Waals surface area contributed by atoms with Crippen molar-refractivity contribution in [1.29, 1.82) is 0 Å². The number of anilines is 2. The Morgan fingerprint density at radius 3 is 2.85 bits per heavy atom. The number of carbonyl (C=O) groups excluding carboxylic acids is 1. The first-order valence-corrected chi connectivity index (χ1v) is 8.25. The molecule has 3 aromatic rings. The number of likely N-dealkylation sites (tertiary alicyclic amines) is 1. The van der Waals surface area contributed by atoms with Crippen molar-refractivity contribution in [3.63, 3.8) is 0 Å². The molecule has 0 aliphatic carbocycles. The summed E-state index contributed by atoms with van der Waals surface area (Å²) < 4.78 is 20.0. The predicted molar refractivity (Wildman–Crippen MR) is 94.8 cm³/mol. The number of aryl methyl sites for hydroxylation is 1. The van der Waals surface area contributed by atoms with Crippen molar-refractivity contribution in [3.8, 4) is 5.75 Å². The topological polar surface area (TPSA) is 71.8 Å². The molecule has 4 rings (SSSR count). The third kappa shape index (κ3) is 2.94. The van der Waals surface area contributed by atoms with E-state index in [1.54, 1.807) is 22.7 Å². The van der Waals surface area contributed by atoms with Gasteiger partial charge in [-0.15, -0.1) is 5.10 Å². The fourth-order valence-corrected chi connectivity index (χ4v) is 2.86. The number of carbonyl (C=O) groups is 1. The summed E-state index contributed by atoms with van der Waals surface area (Å²) in [6.07, 6.45) is 0.962. The molecule has 3 heterocycles. The van der Waals surface area contributed by atoms with E-state index in [1.165, 1.54) is 12.0 Å². The van der Waals surface area contributed by atoms with E-state index < -0.39 is 6.17 Å². The molecule has 8 heteroatoms. The van der Waals surface area contributed by atoms with Gasteiger partial charge >= 0.3 is 0 Å². The summed E-state index contributed by atoms with van der Waals surface area (Å²) in [6, 6.07) is 8.90. The van der Waals surface area contributed by atoms with Gasteiger partial charge in [-0.25, -0.2) is 8.91 Å². The van der Waals surface area contributed by atoms with Crippen molar-refractivity contribution in [3.05, 3.63) is 47.7 Å². The first-order valence-electron chi connectivity index (χ1n) is 8.25. The van der Waals surface area contributed by atoms with Crippen molar-refractivity contribution in [1.82, 2.24) is 19.5 Å². The molecule has 0 unspecified atom stereocenters. The number of aromatic nitrogens is 3. The molecule has 2 aromatic heterocycles. The number of nitrogens with zero attached hydrogens (tertiary/aromatic N) is 4. The van der Waals surface area contributed by atoms with Crippen LogP contribution >= 0.6 is 0 Å². The minimum atomic E-state index is -0.924. The van der Waals surface area contributed by atoms with Crippen LogP contribution in [0.2, 0.25) is 0 Å². The van der Waals surface area contributed by atoms with Gasteiger partial charge in [0.1, 0.15) is 11.9 Å². The number of hydrogen-bond acceptors (Lipinski definition) is 5. The maximum atomic E-state index is 13.0. The average Bonchev–Trinajstić information content (AvgIpc) is 3.00. The zero-order chi connectivity index (χ0) is 18.3. The van der Waals surface area contributed by atoms with Gasteiger partial charge in [0.25, 0.3) is 5.91 Å². The number of amides is 1. The van der Waals surface area contributed by atoms with Crippen molar-refractivity contribution >= 4 is 23.2 Å². The van der Waals surface area contributed by atoms with E-state index >= 15 is 0 Å². The van der Waals surface area contributed by atoms with Crippen LogP contribution in [0.3, 0.4) is 0 Å². The lowest BCUT2D eigenvalue weighted by atomic mass is 10.1. The number of rotatable bonds is 4. The summed E-state index contributed by atoms with van der Waals surface area (Å²) in [6.45, 7) is 2.27. The highest BCUT2D eigenvalue weighted by Gasteiger charge is 2.31. The number of halogens is 1. The number of pyridine rings is 1. The third-order valence-corrected chi connectivity index (χ3v) is 4.30. The van der Waals surface area contributed by atoms with Gasteiger partial charge in [0.2, 0.25) is 5.95 Å². The van der Waals surface area contributed by atoms with E-state index in [0.29, 0.717) is 22.9 Å². The molecular weight excluding hydrogens is 337 g/mol. The number of ether oxygens (including phenoxy) is 1. The molecule has 1 fully saturated rings. The minimum Gasteiger partial charge on any atom is -0.495 e.